The summed E-state index contributed by atoms with van der Waals surface area (Å²) in [6, 6.07) is 0. The highest BCUT2D eigenvalue weighted by molar-refractivity contribution is 5.85. The Labute approximate surface area is 166 Å². The highest BCUT2D eigenvalue weighted by Gasteiger charge is 2.64. The zero-order valence-corrected chi connectivity index (χ0v) is 17.3. The Morgan fingerprint density at radius 1 is 1.25 bits per heavy atom. The summed E-state index contributed by atoms with van der Waals surface area (Å²) in [5.74, 6) is -0.0636. The number of rotatable bonds is 3. The van der Waals surface area contributed by atoms with Gasteiger partial charge in [-0.2, -0.15) is 0 Å². The molecule has 4 rings (SSSR count). The van der Waals surface area contributed by atoms with Crippen molar-refractivity contribution < 1.29 is 28.9 Å². The third kappa shape index (κ3) is 3.00. The maximum atomic E-state index is 11.6. The number of hydrogen-bond acceptors (Lipinski definition) is 6. The molecule has 4 aliphatic rings. The van der Waals surface area contributed by atoms with Crippen LogP contribution < -0.4 is 0 Å². The van der Waals surface area contributed by atoms with Gasteiger partial charge in [0.1, 0.15) is 12.2 Å². The van der Waals surface area contributed by atoms with Gasteiger partial charge in [0.15, 0.2) is 0 Å². The monoisotopic (exact) mass is 392 g/mol. The Hall–Kier alpha value is -1.40. The van der Waals surface area contributed by atoms with Crippen LogP contribution in [0.3, 0.4) is 0 Å². The maximum Gasteiger partial charge on any atom is 0.333 e. The number of cyclic esters (lactones) is 1. The van der Waals surface area contributed by atoms with Crippen LogP contribution in [0.4, 0.5) is 0 Å². The van der Waals surface area contributed by atoms with Gasteiger partial charge in [-0.25, -0.2) is 4.79 Å². The molecule has 6 heteroatoms. The fourth-order valence-electron chi connectivity index (χ4n) is 6.94. The molecule has 6 atom stereocenters. The fraction of sp³-hybridized carbons (Fsp3) is 0.818. The van der Waals surface area contributed by atoms with E-state index in [1.807, 2.05) is 0 Å². The number of hydrogen-bond donors (Lipinski definition) is 1. The molecular weight excluding hydrogens is 360 g/mol. The minimum atomic E-state index is -1.24. The van der Waals surface area contributed by atoms with E-state index in [1.165, 1.54) is 25.8 Å². The van der Waals surface area contributed by atoms with Gasteiger partial charge in [0.2, 0.25) is 6.29 Å². The second-order valence-electron chi connectivity index (χ2n) is 10.1. The second-order valence-corrected chi connectivity index (χ2v) is 10.1. The zero-order valence-electron chi connectivity index (χ0n) is 17.3. The molecule has 2 heterocycles. The first-order valence-electron chi connectivity index (χ1n) is 10.5. The van der Waals surface area contributed by atoms with E-state index >= 15 is 0 Å². The molecule has 6 nitrogen and oxygen atoms in total. The quantitative estimate of drug-likeness (QED) is 0.743. The summed E-state index contributed by atoms with van der Waals surface area (Å²) in [7, 11) is 0. The lowest BCUT2D eigenvalue weighted by Crippen LogP contribution is -2.58. The van der Waals surface area contributed by atoms with Gasteiger partial charge in [-0.05, 0) is 54.8 Å². The molecule has 0 spiro atoms. The van der Waals surface area contributed by atoms with Crippen LogP contribution in [-0.4, -0.2) is 41.6 Å². The predicted octanol–water partition coefficient (Wildman–Crippen LogP) is 3.12. The van der Waals surface area contributed by atoms with Crippen molar-refractivity contribution in [2.24, 2.45) is 22.7 Å². The van der Waals surface area contributed by atoms with Crippen LogP contribution in [-0.2, 0) is 23.8 Å². The first-order chi connectivity index (χ1) is 13.1. The second kappa shape index (κ2) is 6.56. The number of esters is 2. The standard InChI is InChI=1S/C22H32O6/c1-13(23)26-12-22-9-6-16-20(2,3)7-5-8-21(16,4)17(22)11-15(28-22)14-10-18(24)27-19(14)25/h10,15-17,19,25H,5-9,11-12H2,1-4H3/t15-,16+,17+,19+,21-,22-/m0/s1. The lowest BCUT2D eigenvalue weighted by atomic mass is 9.45. The molecule has 0 amide bonds. The normalized spacial score (nSPS) is 44.3. The van der Waals surface area contributed by atoms with Gasteiger partial charge in [-0.3, -0.25) is 4.79 Å². The van der Waals surface area contributed by atoms with E-state index in [-0.39, 0.29) is 35.4 Å². The summed E-state index contributed by atoms with van der Waals surface area (Å²) in [5.41, 5.74) is 0.270. The Morgan fingerprint density at radius 2 is 2.00 bits per heavy atom. The lowest BCUT2D eigenvalue weighted by Gasteiger charge is -2.60. The molecule has 1 N–H and O–H groups in total. The van der Waals surface area contributed by atoms with Crippen molar-refractivity contribution >= 4 is 11.9 Å². The Balaban J connectivity index is 1.69. The molecule has 28 heavy (non-hydrogen) atoms. The Bertz CT molecular complexity index is 712. The average Bonchev–Trinajstić information content (AvgIpc) is 3.13. The van der Waals surface area contributed by atoms with Crippen LogP contribution in [0.5, 0.6) is 0 Å². The van der Waals surface area contributed by atoms with Crippen LogP contribution in [0.2, 0.25) is 0 Å². The van der Waals surface area contributed by atoms with Crippen molar-refractivity contribution in [1.29, 1.82) is 0 Å². The van der Waals surface area contributed by atoms with Crippen LogP contribution >= 0.6 is 0 Å². The van der Waals surface area contributed by atoms with Crippen molar-refractivity contribution in [1.82, 2.24) is 0 Å². The van der Waals surface area contributed by atoms with Crippen molar-refractivity contribution in [3.8, 4) is 0 Å². The summed E-state index contributed by atoms with van der Waals surface area (Å²) >= 11 is 0. The van der Waals surface area contributed by atoms with E-state index in [9.17, 15) is 14.7 Å². The first kappa shape index (κ1) is 19.9. The average molecular weight is 392 g/mol. The van der Waals surface area contributed by atoms with E-state index < -0.39 is 17.9 Å². The molecule has 2 aliphatic carbocycles. The van der Waals surface area contributed by atoms with Gasteiger partial charge in [0.05, 0.1) is 6.10 Å². The molecule has 0 aromatic rings. The highest BCUT2D eigenvalue weighted by atomic mass is 16.6. The molecular formula is C22H32O6. The molecule has 0 unspecified atom stereocenters. The number of ether oxygens (including phenoxy) is 3. The summed E-state index contributed by atoms with van der Waals surface area (Å²) < 4.78 is 16.9. The topological polar surface area (TPSA) is 82.1 Å². The first-order valence-corrected chi connectivity index (χ1v) is 10.5. The highest BCUT2D eigenvalue weighted by Crippen LogP contribution is 2.66. The minimum Gasteiger partial charge on any atom is -0.463 e. The molecule has 0 radical (unpaired) electrons. The van der Waals surface area contributed by atoms with Crippen molar-refractivity contribution in [3.05, 3.63) is 11.6 Å². The van der Waals surface area contributed by atoms with Crippen LogP contribution in [0, 0.1) is 22.7 Å². The molecule has 1 saturated heterocycles. The maximum absolute atomic E-state index is 11.6. The van der Waals surface area contributed by atoms with Gasteiger partial charge in [0, 0.05) is 18.6 Å². The third-order valence-electron chi connectivity index (χ3n) is 8.08. The van der Waals surface area contributed by atoms with Gasteiger partial charge < -0.3 is 19.3 Å². The van der Waals surface area contributed by atoms with E-state index in [1.54, 1.807) is 0 Å². The summed E-state index contributed by atoms with van der Waals surface area (Å²) in [5, 5.41) is 10.2. The van der Waals surface area contributed by atoms with E-state index in [0.29, 0.717) is 17.9 Å². The third-order valence-corrected chi connectivity index (χ3v) is 8.08. The van der Waals surface area contributed by atoms with Crippen LogP contribution in [0.25, 0.3) is 0 Å². The van der Waals surface area contributed by atoms with Gasteiger partial charge in [-0.1, -0.05) is 27.2 Å². The number of aliphatic hydroxyl groups excluding tert-OH is 1. The summed E-state index contributed by atoms with van der Waals surface area (Å²) in [6.45, 7) is 8.77. The van der Waals surface area contributed by atoms with E-state index in [0.717, 1.165) is 19.3 Å². The predicted molar refractivity (Wildman–Crippen MR) is 101 cm³/mol. The number of carbonyl (C=O) groups is 2. The largest absolute Gasteiger partial charge is 0.463 e. The number of carbonyl (C=O) groups excluding carboxylic acids is 2. The van der Waals surface area contributed by atoms with Crippen LogP contribution in [0.15, 0.2) is 11.6 Å². The number of fused-ring (bicyclic) bond motifs is 3. The number of aliphatic hydroxyl groups is 1. The molecule has 0 bridgehead atoms. The molecule has 2 saturated carbocycles. The van der Waals surface area contributed by atoms with Crippen LogP contribution in [0.1, 0.15) is 66.2 Å². The summed E-state index contributed by atoms with van der Waals surface area (Å²) in [6.07, 6.45) is 5.83. The smallest absolute Gasteiger partial charge is 0.333 e. The van der Waals surface area contributed by atoms with Crippen molar-refractivity contribution in [2.45, 2.75) is 84.2 Å². The SMILES string of the molecule is CC(=O)OC[C@@]12CC[C@@H]3C(C)(C)CCC[C@]3(C)[C@H]1C[C@@H](C1=CC(=O)O[C@H]1O)O2. The molecule has 0 aromatic heterocycles. The van der Waals surface area contributed by atoms with Crippen molar-refractivity contribution in [2.75, 3.05) is 6.61 Å². The van der Waals surface area contributed by atoms with Gasteiger partial charge in [-0.15, -0.1) is 0 Å². The van der Waals surface area contributed by atoms with Gasteiger partial charge in [0.25, 0.3) is 0 Å². The van der Waals surface area contributed by atoms with E-state index in [4.69, 9.17) is 14.2 Å². The molecule has 3 fully saturated rings. The van der Waals surface area contributed by atoms with E-state index in [2.05, 4.69) is 20.8 Å². The van der Waals surface area contributed by atoms with Crippen molar-refractivity contribution in [3.63, 3.8) is 0 Å². The summed E-state index contributed by atoms with van der Waals surface area (Å²) in [4.78, 5) is 23.2. The molecule has 2 aliphatic heterocycles. The van der Waals surface area contributed by atoms with Gasteiger partial charge >= 0.3 is 11.9 Å². The molecule has 0 aromatic carbocycles. The fourth-order valence-corrected chi connectivity index (χ4v) is 6.94. The minimum absolute atomic E-state index is 0.0733. The Morgan fingerprint density at radius 3 is 2.64 bits per heavy atom. The zero-order chi connectivity index (χ0) is 20.3. The molecule has 156 valence electrons. The lowest BCUT2D eigenvalue weighted by molar-refractivity contribution is -0.190. The Kier molecular flexibility index (Phi) is 4.66.